The monoisotopic (exact) mass is 511 g/mol. The van der Waals surface area contributed by atoms with E-state index in [-0.39, 0.29) is 24.0 Å². The molecule has 158 valence electrons. The van der Waals surface area contributed by atoms with Gasteiger partial charge >= 0.3 is 0 Å². The molecule has 1 saturated heterocycles. The van der Waals surface area contributed by atoms with Crippen LogP contribution in [0.5, 0.6) is 5.75 Å². The summed E-state index contributed by atoms with van der Waals surface area (Å²) >= 11 is 0. The number of piperazine rings is 1. The van der Waals surface area contributed by atoms with E-state index < -0.39 is 0 Å². The average Bonchev–Trinajstić information content (AvgIpc) is 3.14. The predicted molar refractivity (Wildman–Crippen MR) is 124 cm³/mol. The summed E-state index contributed by atoms with van der Waals surface area (Å²) in [4.78, 5) is 9.27. The zero-order valence-electron chi connectivity index (χ0n) is 17.1. The summed E-state index contributed by atoms with van der Waals surface area (Å²) in [6, 6.07) is 10.4. The zero-order valence-corrected chi connectivity index (χ0v) is 19.5. The highest BCUT2D eigenvalue weighted by Crippen LogP contribution is 2.32. The van der Waals surface area contributed by atoms with Crippen LogP contribution in [0, 0.1) is 6.92 Å². The van der Waals surface area contributed by atoms with E-state index in [9.17, 15) is 0 Å². The largest absolute Gasteiger partial charge is 0.493 e. The third-order valence-electron chi connectivity index (χ3n) is 5.54. The molecule has 0 saturated carbocycles. The Kier molecular flexibility index (Phi) is 7.77. The Balaban J connectivity index is 0.00000240. The quantitative estimate of drug-likeness (QED) is 0.387. The highest BCUT2D eigenvalue weighted by Gasteiger charge is 2.24. The summed E-state index contributed by atoms with van der Waals surface area (Å²) in [5.41, 5.74) is 2.30. The number of fused-ring (bicyclic) bond motifs is 1. The molecule has 2 aromatic rings. The van der Waals surface area contributed by atoms with Crippen LogP contribution in [0.2, 0.25) is 0 Å². The van der Waals surface area contributed by atoms with Gasteiger partial charge in [0.05, 0.1) is 12.3 Å². The number of guanidine groups is 1. The second kappa shape index (κ2) is 10.3. The van der Waals surface area contributed by atoms with Crippen LogP contribution in [0.25, 0.3) is 0 Å². The number of ether oxygens (including phenoxy) is 1. The van der Waals surface area contributed by atoms with Gasteiger partial charge in [0.1, 0.15) is 11.5 Å². The molecule has 3 heterocycles. The molecule has 1 aromatic carbocycles. The van der Waals surface area contributed by atoms with E-state index in [1.807, 2.05) is 26.1 Å². The number of aryl methyl sites for hydroxylation is 1. The van der Waals surface area contributed by atoms with Crippen LogP contribution in [-0.2, 0) is 6.54 Å². The molecule has 1 N–H and O–H groups in total. The van der Waals surface area contributed by atoms with Gasteiger partial charge in [-0.15, -0.1) is 24.0 Å². The lowest BCUT2D eigenvalue weighted by Crippen LogP contribution is -2.52. The maximum absolute atomic E-state index is 5.78. The lowest BCUT2D eigenvalue weighted by molar-refractivity contribution is 0.168. The number of rotatable bonds is 4. The van der Waals surface area contributed by atoms with Crippen molar-refractivity contribution in [2.75, 3.05) is 46.4 Å². The van der Waals surface area contributed by atoms with Crippen LogP contribution in [-0.4, -0.2) is 67.3 Å². The smallest absolute Gasteiger partial charge is 0.193 e. The van der Waals surface area contributed by atoms with Crippen LogP contribution in [0.3, 0.4) is 0 Å². The van der Waals surface area contributed by atoms with Crippen molar-refractivity contribution in [1.82, 2.24) is 20.3 Å². The number of nitrogens with zero attached hydrogens (tertiary/aromatic N) is 4. The second-order valence-corrected chi connectivity index (χ2v) is 7.49. The first-order valence-corrected chi connectivity index (χ1v) is 10.0. The average molecular weight is 511 g/mol. The van der Waals surface area contributed by atoms with Crippen molar-refractivity contribution in [3.63, 3.8) is 0 Å². The molecule has 0 amide bonds. The standard InChI is InChI=1S/C21H29N5O2.HI/c1-16-13-18(24-28-16)15-25-8-10-26(11-9-25)21(22-2)23-14-17-7-12-27-20-6-4-3-5-19(17)20;/h3-6,13,17H,7-12,14-15H2,1-2H3,(H,22,23);1H. The molecule has 29 heavy (non-hydrogen) atoms. The first-order valence-electron chi connectivity index (χ1n) is 10.0. The lowest BCUT2D eigenvalue weighted by atomic mass is 9.93. The van der Waals surface area contributed by atoms with E-state index in [0.29, 0.717) is 5.92 Å². The summed E-state index contributed by atoms with van der Waals surface area (Å²) in [7, 11) is 1.87. The SMILES string of the molecule is CN=C(NCC1CCOc2ccccc21)N1CCN(Cc2cc(C)on2)CC1.I. The van der Waals surface area contributed by atoms with Crippen LogP contribution < -0.4 is 10.1 Å². The van der Waals surface area contributed by atoms with E-state index in [0.717, 1.165) is 75.5 Å². The third-order valence-corrected chi connectivity index (χ3v) is 5.54. The van der Waals surface area contributed by atoms with Crippen molar-refractivity contribution in [2.24, 2.45) is 4.99 Å². The number of nitrogens with one attached hydrogen (secondary N) is 1. The number of aromatic nitrogens is 1. The second-order valence-electron chi connectivity index (χ2n) is 7.49. The van der Waals surface area contributed by atoms with Gasteiger partial charge < -0.3 is 19.5 Å². The minimum Gasteiger partial charge on any atom is -0.493 e. The molecule has 1 fully saturated rings. The summed E-state index contributed by atoms with van der Waals surface area (Å²) in [5, 5.41) is 7.70. The van der Waals surface area contributed by atoms with Gasteiger partial charge in [-0.05, 0) is 25.0 Å². The number of halogens is 1. The van der Waals surface area contributed by atoms with Crippen LogP contribution in [0.1, 0.15) is 29.4 Å². The minimum absolute atomic E-state index is 0. The molecular weight excluding hydrogens is 481 g/mol. The number of benzene rings is 1. The van der Waals surface area contributed by atoms with Crippen molar-refractivity contribution < 1.29 is 9.26 Å². The Morgan fingerprint density at radius 3 is 2.76 bits per heavy atom. The van der Waals surface area contributed by atoms with E-state index in [2.05, 4.69) is 43.5 Å². The van der Waals surface area contributed by atoms with Crippen LogP contribution in [0.15, 0.2) is 39.8 Å². The summed E-state index contributed by atoms with van der Waals surface area (Å²) in [6.45, 7) is 8.34. The van der Waals surface area contributed by atoms with E-state index >= 15 is 0 Å². The highest BCUT2D eigenvalue weighted by atomic mass is 127. The van der Waals surface area contributed by atoms with Crippen molar-refractivity contribution in [3.05, 3.63) is 47.3 Å². The molecule has 4 rings (SSSR count). The first kappa shape index (κ1) is 21.9. The Hall–Kier alpha value is -1.81. The fourth-order valence-corrected chi connectivity index (χ4v) is 4.01. The number of hydrogen-bond acceptors (Lipinski definition) is 5. The number of para-hydroxylation sites is 1. The molecule has 0 radical (unpaired) electrons. The maximum atomic E-state index is 5.78. The molecule has 0 spiro atoms. The topological polar surface area (TPSA) is 66.1 Å². The van der Waals surface area contributed by atoms with Gasteiger partial charge in [0.2, 0.25) is 0 Å². The Morgan fingerprint density at radius 2 is 2.03 bits per heavy atom. The van der Waals surface area contributed by atoms with Gasteiger partial charge in [0, 0.05) is 58.3 Å². The molecule has 1 aromatic heterocycles. The minimum atomic E-state index is 0. The Morgan fingerprint density at radius 1 is 1.24 bits per heavy atom. The molecule has 7 nitrogen and oxygen atoms in total. The molecule has 8 heteroatoms. The van der Waals surface area contributed by atoms with Crippen molar-refractivity contribution in [2.45, 2.75) is 25.8 Å². The highest BCUT2D eigenvalue weighted by molar-refractivity contribution is 14.0. The zero-order chi connectivity index (χ0) is 19.3. The molecular formula is C21H30IN5O2. The third kappa shape index (κ3) is 5.42. The van der Waals surface area contributed by atoms with Crippen LogP contribution in [0.4, 0.5) is 0 Å². The number of hydrogen-bond donors (Lipinski definition) is 1. The molecule has 1 atom stereocenters. The summed E-state index contributed by atoms with van der Waals surface area (Å²) < 4.78 is 11.0. The molecule has 0 aliphatic carbocycles. The molecule has 2 aliphatic rings. The maximum Gasteiger partial charge on any atom is 0.193 e. The van der Waals surface area contributed by atoms with Gasteiger partial charge in [-0.3, -0.25) is 9.89 Å². The Labute approximate surface area is 189 Å². The van der Waals surface area contributed by atoms with Crippen molar-refractivity contribution >= 4 is 29.9 Å². The van der Waals surface area contributed by atoms with Gasteiger partial charge in [0.25, 0.3) is 0 Å². The first-order chi connectivity index (χ1) is 13.7. The fraction of sp³-hybridized carbons (Fsp3) is 0.524. The predicted octanol–water partition coefficient (Wildman–Crippen LogP) is 2.86. The van der Waals surface area contributed by atoms with Crippen molar-refractivity contribution in [3.8, 4) is 5.75 Å². The lowest BCUT2D eigenvalue weighted by Gasteiger charge is -2.36. The fourth-order valence-electron chi connectivity index (χ4n) is 4.01. The van der Waals surface area contributed by atoms with Gasteiger partial charge in [-0.1, -0.05) is 23.4 Å². The van der Waals surface area contributed by atoms with E-state index in [1.165, 1.54) is 5.56 Å². The molecule has 2 aliphatic heterocycles. The summed E-state index contributed by atoms with van der Waals surface area (Å²) in [6.07, 6.45) is 1.03. The molecule has 0 bridgehead atoms. The number of aliphatic imine (C=N–C) groups is 1. The van der Waals surface area contributed by atoms with E-state index in [4.69, 9.17) is 9.26 Å². The Bertz CT molecular complexity index is 817. The summed E-state index contributed by atoms with van der Waals surface area (Å²) in [5.74, 6) is 3.33. The van der Waals surface area contributed by atoms with Crippen molar-refractivity contribution in [1.29, 1.82) is 0 Å². The van der Waals surface area contributed by atoms with E-state index in [1.54, 1.807) is 0 Å². The normalized spacial score (nSPS) is 19.9. The molecule has 1 unspecified atom stereocenters. The van der Waals surface area contributed by atoms with Crippen LogP contribution >= 0.6 is 24.0 Å². The van der Waals surface area contributed by atoms with Gasteiger partial charge in [-0.25, -0.2) is 0 Å². The van der Waals surface area contributed by atoms with Gasteiger partial charge in [0.15, 0.2) is 5.96 Å². The van der Waals surface area contributed by atoms with Gasteiger partial charge in [-0.2, -0.15) is 0 Å².